The highest BCUT2D eigenvalue weighted by atomic mass is 16.1. The van der Waals surface area contributed by atoms with Crippen LogP contribution >= 0.6 is 0 Å². The minimum Gasteiger partial charge on any atom is -0.289 e. The monoisotopic (exact) mass is 248 g/mol. The molecule has 3 rings (SSSR count). The molecule has 0 radical (unpaired) electrons. The van der Waals surface area contributed by atoms with Crippen LogP contribution in [0.2, 0.25) is 0 Å². The minimum absolute atomic E-state index is 0.164. The maximum absolute atomic E-state index is 12.5. The minimum atomic E-state index is 0.164. The number of benzene rings is 2. The van der Waals surface area contributed by atoms with Crippen LogP contribution in [0.5, 0.6) is 0 Å². The molecule has 0 saturated heterocycles. The second kappa shape index (κ2) is 4.85. The first-order valence-electron chi connectivity index (χ1n) is 6.65. The molecule has 0 N–H and O–H groups in total. The van der Waals surface area contributed by atoms with Gasteiger partial charge in [0.25, 0.3) is 0 Å². The van der Waals surface area contributed by atoms with Crippen molar-refractivity contribution >= 4 is 5.78 Å². The molecular formula is C18H16O. The predicted molar refractivity (Wildman–Crippen MR) is 77.6 cm³/mol. The maximum Gasteiger partial charge on any atom is 0.193 e. The molecule has 1 aliphatic rings. The largest absolute Gasteiger partial charge is 0.289 e. The molecule has 0 spiro atoms. The highest BCUT2D eigenvalue weighted by Crippen LogP contribution is 2.27. The van der Waals surface area contributed by atoms with E-state index in [9.17, 15) is 4.79 Å². The second-order valence-electron chi connectivity index (χ2n) is 4.98. The Bertz CT molecular complexity index is 652. The zero-order valence-electron chi connectivity index (χ0n) is 10.9. The molecule has 0 aliphatic heterocycles. The van der Waals surface area contributed by atoms with Crippen LogP contribution in [0.15, 0.2) is 55.1 Å². The van der Waals surface area contributed by atoms with Gasteiger partial charge in [0.05, 0.1) is 0 Å². The standard InChI is InChI=1S/C18H16O/c1-2-3-6-13-9-10-15-12-14-7-4-5-8-16(14)18(19)17(15)11-13/h2,4-5,7-11H,1,3,6,12H2. The SMILES string of the molecule is C=CCCc1ccc2c(c1)C(=O)c1ccccc1C2. The summed E-state index contributed by atoms with van der Waals surface area (Å²) >= 11 is 0. The molecule has 19 heavy (non-hydrogen) atoms. The van der Waals surface area contributed by atoms with E-state index in [1.807, 2.05) is 30.3 Å². The van der Waals surface area contributed by atoms with Gasteiger partial charge in [0.15, 0.2) is 5.78 Å². The number of fused-ring (bicyclic) bond motifs is 2. The average molecular weight is 248 g/mol. The Morgan fingerprint density at radius 3 is 2.68 bits per heavy atom. The second-order valence-corrected chi connectivity index (χ2v) is 4.98. The molecule has 0 fully saturated rings. The van der Waals surface area contributed by atoms with Crippen LogP contribution < -0.4 is 0 Å². The number of carbonyl (C=O) groups is 1. The topological polar surface area (TPSA) is 17.1 Å². The van der Waals surface area contributed by atoms with Crippen LogP contribution in [0.4, 0.5) is 0 Å². The Labute approximate surface area is 113 Å². The van der Waals surface area contributed by atoms with Gasteiger partial charge in [0.1, 0.15) is 0 Å². The van der Waals surface area contributed by atoms with E-state index >= 15 is 0 Å². The number of hydrogen-bond donors (Lipinski definition) is 0. The highest BCUT2D eigenvalue weighted by molar-refractivity contribution is 6.12. The third-order valence-electron chi connectivity index (χ3n) is 3.70. The third kappa shape index (κ3) is 2.12. The molecule has 0 bridgehead atoms. The lowest BCUT2D eigenvalue weighted by Crippen LogP contribution is -2.15. The normalized spacial score (nSPS) is 12.7. The van der Waals surface area contributed by atoms with Gasteiger partial charge in [0.2, 0.25) is 0 Å². The van der Waals surface area contributed by atoms with E-state index in [1.54, 1.807) is 0 Å². The van der Waals surface area contributed by atoms with Crippen LogP contribution in [0.3, 0.4) is 0 Å². The molecule has 2 aromatic carbocycles. The van der Waals surface area contributed by atoms with E-state index in [4.69, 9.17) is 0 Å². The van der Waals surface area contributed by atoms with Gasteiger partial charge in [-0.15, -0.1) is 6.58 Å². The summed E-state index contributed by atoms with van der Waals surface area (Å²) in [6.45, 7) is 3.74. The van der Waals surface area contributed by atoms with Gasteiger partial charge in [-0.3, -0.25) is 4.79 Å². The van der Waals surface area contributed by atoms with Gasteiger partial charge >= 0.3 is 0 Å². The van der Waals surface area contributed by atoms with E-state index in [0.717, 1.165) is 41.5 Å². The first kappa shape index (κ1) is 11.9. The molecule has 2 aromatic rings. The van der Waals surface area contributed by atoms with Crippen molar-refractivity contribution in [3.63, 3.8) is 0 Å². The Kier molecular flexibility index (Phi) is 3.04. The molecule has 1 nitrogen and oxygen atoms in total. The van der Waals surface area contributed by atoms with Crippen molar-refractivity contribution in [1.82, 2.24) is 0 Å². The fourth-order valence-corrected chi connectivity index (χ4v) is 2.66. The lowest BCUT2D eigenvalue weighted by atomic mass is 9.84. The number of hydrogen-bond acceptors (Lipinski definition) is 1. The summed E-state index contributed by atoms with van der Waals surface area (Å²) in [5, 5.41) is 0. The smallest absolute Gasteiger partial charge is 0.193 e. The molecule has 1 aliphatic carbocycles. The van der Waals surface area contributed by atoms with Crippen LogP contribution in [-0.4, -0.2) is 5.78 Å². The molecule has 1 heteroatoms. The van der Waals surface area contributed by atoms with Crippen molar-refractivity contribution in [3.05, 3.63) is 82.9 Å². The lowest BCUT2D eigenvalue weighted by molar-refractivity contribution is 0.103. The number of aryl methyl sites for hydroxylation is 1. The van der Waals surface area contributed by atoms with E-state index in [-0.39, 0.29) is 5.78 Å². The van der Waals surface area contributed by atoms with E-state index < -0.39 is 0 Å². The zero-order chi connectivity index (χ0) is 13.2. The fourth-order valence-electron chi connectivity index (χ4n) is 2.66. The van der Waals surface area contributed by atoms with Crippen molar-refractivity contribution in [1.29, 1.82) is 0 Å². The predicted octanol–water partition coefficient (Wildman–Crippen LogP) is 3.94. The van der Waals surface area contributed by atoms with Crippen LogP contribution in [0.25, 0.3) is 0 Å². The Morgan fingerprint density at radius 1 is 1.05 bits per heavy atom. The van der Waals surface area contributed by atoms with Gasteiger partial charge in [-0.25, -0.2) is 0 Å². The molecule has 0 heterocycles. The van der Waals surface area contributed by atoms with Gasteiger partial charge in [-0.2, -0.15) is 0 Å². The Balaban J connectivity index is 2.01. The molecule has 0 atom stereocenters. The molecule has 0 saturated carbocycles. The number of ketones is 1. The lowest BCUT2D eigenvalue weighted by Gasteiger charge is -2.19. The average Bonchev–Trinajstić information content (AvgIpc) is 2.46. The van der Waals surface area contributed by atoms with Gasteiger partial charge in [-0.1, -0.05) is 42.5 Å². The summed E-state index contributed by atoms with van der Waals surface area (Å²) in [5.74, 6) is 0.164. The molecule has 0 unspecified atom stereocenters. The number of rotatable bonds is 3. The van der Waals surface area contributed by atoms with Crippen molar-refractivity contribution in [2.24, 2.45) is 0 Å². The summed E-state index contributed by atoms with van der Waals surface area (Å²) < 4.78 is 0. The van der Waals surface area contributed by atoms with Crippen LogP contribution in [0.1, 0.15) is 39.0 Å². The van der Waals surface area contributed by atoms with Gasteiger partial charge in [0, 0.05) is 11.1 Å². The van der Waals surface area contributed by atoms with Gasteiger partial charge in [-0.05, 0) is 42.0 Å². The zero-order valence-corrected chi connectivity index (χ0v) is 10.9. The summed E-state index contributed by atoms with van der Waals surface area (Å²) in [6, 6.07) is 14.2. The molecule has 94 valence electrons. The van der Waals surface area contributed by atoms with E-state index in [0.29, 0.717) is 0 Å². The van der Waals surface area contributed by atoms with Crippen molar-refractivity contribution in [2.45, 2.75) is 19.3 Å². The maximum atomic E-state index is 12.5. The van der Waals surface area contributed by atoms with Crippen LogP contribution in [-0.2, 0) is 12.8 Å². The first-order valence-corrected chi connectivity index (χ1v) is 6.65. The van der Waals surface area contributed by atoms with Crippen molar-refractivity contribution in [3.8, 4) is 0 Å². The summed E-state index contributed by atoms with van der Waals surface area (Å²) in [4.78, 5) is 12.5. The van der Waals surface area contributed by atoms with E-state index in [2.05, 4.69) is 24.8 Å². The Hall–Kier alpha value is -2.15. The number of allylic oxidation sites excluding steroid dienone is 1. The third-order valence-corrected chi connectivity index (χ3v) is 3.70. The molecule has 0 aromatic heterocycles. The van der Waals surface area contributed by atoms with Crippen LogP contribution in [0, 0.1) is 0 Å². The highest BCUT2D eigenvalue weighted by Gasteiger charge is 2.22. The summed E-state index contributed by atoms with van der Waals surface area (Å²) in [6.07, 6.45) is 4.67. The quantitative estimate of drug-likeness (QED) is 0.642. The first-order chi connectivity index (χ1) is 9.29. The summed E-state index contributed by atoms with van der Waals surface area (Å²) in [7, 11) is 0. The molecule has 0 amide bonds. The van der Waals surface area contributed by atoms with Crippen molar-refractivity contribution in [2.75, 3.05) is 0 Å². The Morgan fingerprint density at radius 2 is 1.84 bits per heavy atom. The number of carbonyl (C=O) groups excluding carboxylic acids is 1. The van der Waals surface area contributed by atoms with Gasteiger partial charge < -0.3 is 0 Å². The molecular weight excluding hydrogens is 232 g/mol. The van der Waals surface area contributed by atoms with Crippen molar-refractivity contribution < 1.29 is 4.79 Å². The van der Waals surface area contributed by atoms with E-state index in [1.165, 1.54) is 5.56 Å². The summed E-state index contributed by atoms with van der Waals surface area (Å²) in [5.41, 5.74) is 5.23. The fraction of sp³-hybridized carbons (Fsp3) is 0.167.